The third kappa shape index (κ3) is 3.64. The molecule has 2 aromatic rings. The fourth-order valence-corrected chi connectivity index (χ4v) is 1.72. The molecule has 1 N–H and O–H groups in total. The lowest BCUT2D eigenvalue weighted by Crippen LogP contribution is -2.25. The van der Waals surface area contributed by atoms with Crippen LogP contribution in [-0.4, -0.2) is 22.0 Å². The molecule has 0 saturated carbocycles. The lowest BCUT2D eigenvalue weighted by atomic mass is 10.1. The second-order valence-electron chi connectivity index (χ2n) is 4.37. The van der Waals surface area contributed by atoms with E-state index in [4.69, 9.17) is 0 Å². The monoisotopic (exact) mass is 261 g/mol. The number of carbonyl (C=O) groups is 1. The van der Waals surface area contributed by atoms with Crippen LogP contribution in [0.2, 0.25) is 0 Å². The quantitative estimate of drug-likeness (QED) is 0.838. The maximum Gasteiger partial charge on any atom is 0.251 e. The van der Waals surface area contributed by atoms with Gasteiger partial charge in [-0.25, -0.2) is 9.37 Å². The van der Waals surface area contributed by atoms with Gasteiger partial charge in [-0.2, -0.15) is 0 Å². The molecule has 0 fully saturated rings. The van der Waals surface area contributed by atoms with Gasteiger partial charge < -0.3 is 9.88 Å². The molecule has 0 radical (unpaired) electrons. The largest absolute Gasteiger partial charge is 0.352 e. The number of imidazole rings is 1. The number of hydrogen-bond donors (Lipinski definition) is 1. The fourth-order valence-electron chi connectivity index (χ4n) is 1.72. The van der Waals surface area contributed by atoms with Crippen molar-refractivity contribution in [1.82, 2.24) is 14.9 Å². The summed E-state index contributed by atoms with van der Waals surface area (Å²) in [5, 5.41) is 2.77. The average molecular weight is 261 g/mol. The summed E-state index contributed by atoms with van der Waals surface area (Å²) in [4.78, 5) is 15.7. The van der Waals surface area contributed by atoms with Crippen molar-refractivity contribution in [3.63, 3.8) is 0 Å². The lowest BCUT2D eigenvalue weighted by Gasteiger charge is -2.06. The zero-order valence-electron chi connectivity index (χ0n) is 10.8. The van der Waals surface area contributed by atoms with E-state index in [2.05, 4.69) is 10.3 Å². The molecule has 100 valence electrons. The molecule has 4 nitrogen and oxygen atoms in total. The molecule has 1 aromatic carbocycles. The topological polar surface area (TPSA) is 46.9 Å². The van der Waals surface area contributed by atoms with E-state index >= 15 is 0 Å². The van der Waals surface area contributed by atoms with E-state index in [9.17, 15) is 9.18 Å². The predicted octanol–water partition coefficient (Wildman–Crippen LogP) is 2.15. The first-order valence-corrected chi connectivity index (χ1v) is 6.17. The van der Waals surface area contributed by atoms with Gasteiger partial charge in [0.1, 0.15) is 5.82 Å². The highest BCUT2D eigenvalue weighted by Crippen LogP contribution is 2.08. The molecule has 0 saturated heterocycles. The Hall–Kier alpha value is -2.17. The number of hydrogen-bond acceptors (Lipinski definition) is 2. The summed E-state index contributed by atoms with van der Waals surface area (Å²) in [6.45, 7) is 3.01. The van der Waals surface area contributed by atoms with Crippen molar-refractivity contribution in [2.24, 2.45) is 0 Å². The minimum atomic E-state index is -0.355. The Labute approximate surface area is 111 Å². The molecule has 1 aromatic heterocycles. The van der Waals surface area contributed by atoms with Gasteiger partial charge in [0.25, 0.3) is 5.91 Å². The van der Waals surface area contributed by atoms with Crippen LogP contribution >= 0.6 is 0 Å². The molecular weight excluding hydrogens is 245 g/mol. The zero-order chi connectivity index (χ0) is 13.7. The molecule has 2 rings (SSSR count). The van der Waals surface area contributed by atoms with Crippen molar-refractivity contribution in [2.45, 2.75) is 19.9 Å². The Bertz CT molecular complexity index is 552. The highest BCUT2D eigenvalue weighted by molar-refractivity contribution is 5.94. The Balaban J connectivity index is 1.79. The molecule has 0 aliphatic rings. The van der Waals surface area contributed by atoms with Crippen molar-refractivity contribution >= 4 is 5.91 Å². The van der Waals surface area contributed by atoms with E-state index < -0.39 is 0 Å². The van der Waals surface area contributed by atoms with Crippen LogP contribution in [0.5, 0.6) is 0 Å². The second-order valence-corrected chi connectivity index (χ2v) is 4.37. The smallest absolute Gasteiger partial charge is 0.251 e. The summed E-state index contributed by atoms with van der Waals surface area (Å²) in [5.41, 5.74) is 0.891. The zero-order valence-corrected chi connectivity index (χ0v) is 10.8. The Morgan fingerprint density at radius 3 is 3.00 bits per heavy atom. The average Bonchev–Trinajstić information content (AvgIpc) is 2.91. The summed E-state index contributed by atoms with van der Waals surface area (Å²) in [6.07, 6.45) is 6.12. The maximum absolute atomic E-state index is 13.3. The highest BCUT2D eigenvalue weighted by atomic mass is 19.1. The van der Waals surface area contributed by atoms with Gasteiger partial charge in [0, 0.05) is 31.0 Å². The van der Waals surface area contributed by atoms with Crippen molar-refractivity contribution in [1.29, 1.82) is 0 Å². The summed E-state index contributed by atoms with van der Waals surface area (Å²) in [7, 11) is 0. The van der Waals surface area contributed by atoms with Crippen LogP contribution in [0, 0.1) is 12.7 Å². The van der Waals surface area contributed by atoms with Crippen LogP contribution in [0.15, 0.2) is 36.9 Å². The van der Waals surface area contributed by atoms with Crippen LogP contribution < -0.4 is 5.32 Å². The molecular formula is C14H16FN3O. The SMILES string of the molecule is Cc1ccc(C(=O)NCCCn2ccnc2)cc1F. The van der Waals surface area contributed by atoms with Gasteiger partial charge >= 0.3 is 0 Å². The molecule has 0 atom stereocenters. The standard InChI is InChI=1S/C14H16FN3O/c1-11-3-4-12(9-13(11)15)14(19)17-5-2-7-18-8-6-16-10-18/h3-4,6,8-10H,2,5,7H2,1H3,(H,17,19). The number of nitrogens with zero attached hydrogens (tertiary/aromatic N) is 2. The molecule has 0 spiro atoms. The Morgan fingerprint density at radius 2 is 2.32 bits per heavy atom. The summed E-state index contributed by atoms with van der Waals surface area (Å²) >= 11 is 0. The number of rotatable bonds is 5. The van der Waals surface area contributed by atoms with Gasteiger partial charge in [0.2, 0.25) is 0 Å². The van der Waals surface area contributed by atoms with Gasteiger partial charge in [-0.1, -0.05) is 6.07 Å². The molecule has 0 aliphatic carbocycles. The first kappa shape index (κ1) is 13.3. The summed E-state index contributed by atoms with van der Waals surface area (Å²) in [6, 6.07) is 4.50. The number of nitrogens with one attached hydrogen (secondary N) is 1. The third-order valence-corrected chi connectivity index (χ3v) is 2.87. The van der Waals surface area contributed by atoms with Crippen LogP contribution in [0.4, 0.5) is 4.39 Å². The third-order valence-electron chi connectivity index (χ3n) is 2.87. The molecule has 0 unspecified atom stereocenters. The minimum absolute atomic E-state index is 0.246. The normalized spacial score (nSPS) is 10.4. The second kappa shape index (κ2) is 6.13. The molecule has 1 amide bonds. The van der Waals surface area contributed by atoms with Crippen molar-refractivity contribution in [3.05, 3.63) is 53.9 Å². The van der Waals surface area contributed by atoms with Crippen LogP contribution in [-0.2, 0) is 6.54 Å². The van der Waals surface area contributed by atoms with Gasteiger partial charge in [0.05, 0.1) is 6.33 Å². The number of amides is 1. The minimum Gasteiger partial charge on any atom is -0.352 e. The first-order chi connectivity index (χ1) is 9.16. The van der Waals surface area contributed by atoms with Crippen LogP contribution in [0.25, 0.3) is 0 Å². The van der Waals surface area contributed by atoms with Gasteiger partial charge in [-0.05, 0) is 31.0 Å². The Morgan fingerprint density at radius 1 is 1.47 bits per heavy atom. The lowest BCUT2D eigenvalue weighted by molar-refractivity contribution is 0.0952. The van der Waals surface area contributed by atoms with Gasteiger partial charge in [0.15, 0.2) is 0 Å². The number of aryl methyl sites for hydroxylation is 2. The van der Waals surface area contributed by atoms with Crippen LogP contribution in [0.3, 0.4) is 0 Å². The van der Waals surface area contributed by atoms with Crippen LogP contribution in [0.1, 0.15) is 22.3 Å². The van der Waals surface area contributed by atoms with Gasteiger partial charge in [-0.15, -0.1) is 0 Å². The first-order valence-electron chi connectivity index (χ1n) is 6.17. The summed E-state index contributed by atoms with van der Waals surface area (Å²) in [5.74, 6) is -0.601. The fraction of sp³-hybridized carbons (Fsp3) is 0.286. The predicted molar refractivity (Wildman–Crippen MR) is 70.3 cm³/mol. The van der Waals surface area contributed by atoms with Gasteiger partial charge in [-0.3, -0.25) is 4.79 Å². The maximum atomic E-state index is 13.3. The molecule has 5 heteroatoms. The van der Waals surface area contributed by atoms with E-state index in [1.54, 1.807) is 31.6 Å². The number of aromatic nitrogens is 2. The van der Waals surface area contributed by atoms with E-state index in [0.717, 1.165) is 13.0 Å². The highest BCUT2D eigenvalue weighted by Gasteiger charge is 2.07. The van der Waals surface area contributed by atoms with E-state index in [0.29, 0.717) is 17.7 Å². The Kier molecular flexibility index (Phi) is 4.28. The van der Waals surface area contributed by atoms with E-state index in [-0.39, 0.29) is 11.7 Å². The number of benzene rings is 1. The van der Waals surface area contributed by atoms with Crippen molar-refractivity contribution < 1.29 is 9.18 Å². The summed E-state index contributed by atoms with van der Waals surface area (Å²) < 4.78 is 15.3. The van der Waals surface area contributed by atoms with E-state index in [1.807, 2.05) is 10.8 Å². The number of halogens is 1. The molecule has 1 heterocycles. The molecule has 0 bridgehead atoms. The molecule has 19 heavy (non-hydrogen) atoms. The van der Waals surface area contributed by atoms with E-state index in [1.165, 1.54) is 6.07 Å². The van der Waals surface area contributed by atoms with Crippen molar-refractivity contribution in [2.75, 3.05) is 6.54 Å². The molecule has 0 aliphatic heterocycles. The van der Waals surface area contributed by atoms with Crippen molar-refractivity contribution in [3.8, 4) is 0 Å². The number of carbonyl (C=O) groups excluding carboxylic acids is 1.